The molecule has 0 bridgehead atoms. The molecular formula is C26H35N3O5. The highest BCUT2D eigenvalue weighted by Crippen LogP contribution is 2.26. The maximum Gasteiger partial charge on any atom is 0.408 e. The minimum absolute atomic E-state index is 0.0982. The van der Waals surface area contributed by atoms with E-state index in [2.05, 4.69) is 10.6 Å². The number of benzene rings is 2. The average molecular weight is 470 g/mol. The maximum atomic E-state index is 13.5. The van der Waals surface area contributed by atoms with Gasteiger partial charge in [-0.1, -0.05) is 48.0 Å². The van der Waals surface area contributed by atoms with Crippen LogP contribution in [0, 0.1) is 13.8 Å². The van der Waals surface area contributed by atoms with Gasteiger partial charge in [0.25, 0.3) is 5.91 Å². The second-order valence-corrected chi connectivity index (χ2v) is 9.24. The minimum atomic E-state index is -1.03. The fourth-order valence-electron chi connectivity index (χ4n) is 3.50. The first-order valence-electron chi connectivity index (χ1n) is 11.3. The molecule has 8 heteroatoms. The van der Waals surface area contributed by atoms with E-state index in [0.717, 1.165) is 11.1 Å². The zero-order valence-corrected chi connectivity index (χ0v) is 20.7. The average Bonchev–Trinajstić information content (AvgIpc) is 2.73. The lowest BCUT2D eigenvalue weighted by atomic mass is 10.0. The Bertz CT molecular complexity index is 1020. The highest BCUT2D eigenvalue weighted by Gasteiger charge is 2.34. The molecule has 0 saturated carbocycles. The molecule has 2 unspecified atom stereocenters. The van der Waals surface area contributed by atoms with Crippen molar-refractivity contribution in [3.63, 3.8) is 0 Å². The maximum absolute atomic E-state index is 13.5. The SMILES string of the molecule is Cc1cccc(C(C(=O)Nc2ccccc2C)N(CCO)C(=O)C(C)NC(=O)OC(C)(C)C)c1. The van der Waals surface area contributed by atoms with Crippen LogP contribution in [0.3, 0.4) is 0 Å². The summed E-state index contributed by atoms with van der Waals surface area (Å²) in [6.07, 6.45) is -0.742. The quantitative estimate of drug-likeness (QED) is 0.546. The molecule has 0 aliphatic rings. The largest absolute Gasteiger partial charge is 0.444 e. The molecule has 0 fully saturated rings. The van der Waals surface area contributed by atoms with Gasteiger partial charge in [0.1, 0.15) is 17.7 Å². The monoisotopic (exact) mass is 469 g/mol. The summed E-state index contributed by atoms with van der Waals surface area (Å²) in [5.74, 6) is -0.947. The van der Waals surface area contributed by atoms with Gasteiger partial charge in [-0.15, -0.1) is 0 Å². The van der Waals surface area contributed by atoms with E-state index in [-0.39, 0.29) is 13.2 Å². The Hall–Kier alpha value is -3.39. The molecular weight excluding hydrogens is 434 g/mol. The molecule has 34 heavy (non-hydrogen) atoms. The summed E-state index contributed by atoms with van der Waals surface area (Å²) < 4.78 is 5.25. The Balaban J connectivity index is 2.39. The lowest BCUT2D eigenvalue weighted by Gasteiger charge is -2.33. The summed E-state index contributed by atoms with van der Waals surface area (Å²) >= 11 is 0. The number of carbonyl (C=O) groups is 3. The number of carbonyl (C=O) groups excluding carboxylic acids is 3. The molecule has 2 atom stereocenters. The summed E-state index contributed by atoms with van der Waals surface area (Å²) in [5.41, 5.74) is 2.29. The van der Waals surface area contributed by atoms with Crippen molar-refractivity contribution in [3.8, 4) is 0 Å². The van der Waals surface area contributed by atoms with E-state index in [1.165, 1.54) is 11.8 Å². The van der Waals surface area contributed by atoms with Crippen LogP contribution in [-0.4, -0.2) is 52.7 Å². The van der Waals surface area contributed by atoms with Gasteiger partial charge in [-0.3, -0.25) is 9.59 Å². The first kappa shape index (κ1) is 26.9. The summed E-state index contributed by atoms with van der Waals surface area (Å²) in [7, 11) is 0. The summed E-state index contributed by atoms with van der Waals surface area (Å²) in [5, 5.41) is 15.2. The van der Waals surface area contributed by atoms with Crippen LogP contribution < -0.4 is 10.6 Å². The minimum Gasteiger partial charge on any atom is -0.444 e. The number of hydrogen-bond donors (Lipinski definition) is 3. The number of hydrogen-bond acceptors (Lipinski definition) is 5. The fraction of sp³-hybridized carbons (Fsp3) is 0.423. The van der Waals surface area contributed by atoms with Crippen molar-refractivity contribution in [2.24, 2.45) is 0 Å². The van der Waals surface area contributed by atoms with Crippen molar-refractivity contribution >= 4 is 23.6 Å². The van der Waals surface area contributed by atoms with Gasteiger partial charge in [-0.05, 0) is 58.7 Å². The van der Waals surface area contributed by atoms with E-state index >= 15 is 0 Å². The first-order valence-corrected chi connectivity index (χ1v) is 11.3. The molecule has 0 spiro atoms. The first-order chi connectivity index (χ1) is 15.9. The molecule has 0 aliphatic heterocycles. The Morgan fingerprint density at radius 2 is 1.74 bits per heavy atom. The summed E-state index contributed by atoms with van der Waals surface area (Å²) in [4.78, 5) is 40.5. The van der Waals surface area contributed by atoms with Gasteiger partial charge in [-0.2, -0.15) is 0 Å². The number of para-hydroxylation sites is 1. The van der Waals surface area contributed by atoms with Gasteiger partial charge in [0.05, 0.1) is 6.61 Å². The molecule has 0 aromatic heterocycles. The predicted octanol–water partition coefficient (Wildman–Crippen LogP) is 3.72. The zero-order valence-electron chi connectivity index (χ0n) is 20.7. The molecule has 0 radical (unpaired) electrons. The molecule has 184 valence electrons. The Labute approximate surface area is 201 Å². The van der Waals surface area contributed by atoms with Gasteiger partial charge >= 0.3 is 6.09 Å². The second kappa shape index (κ2) is 11.7. The number of aliphatic hydroxyl groups is 1. The van der Waals surface area contributed by atoms with Gasteiger partial charge in [0.2, 0.25) is 5.91 Å². The molecule has 3 amide bonds. The lowest BCUT2D eigenvalue weighted by Crippen LogP contribution is -2.52. The van der Waals surface area contributed by atoms with Crippen LogP contribution in [0.4, 0.5) is 10.5 Å². The second-order valence-electron chi connectivity index (χ2n) is 9.24. The van der Waals surface area contributed by atoms with Crippen molar-refractivity contribution < 1.29 is 24.2 Å². The normalized spacial score (nSPS) is 12.9. The number of aliphatic hydroxyl groups excluding tert-OH is 1. The van der Waals surface area contributed by atoms with Crippen molar-refractivity contribution in [1.29, 1.82) is 0 Å². The van der Waals surface area contributed by atoms with Gasteiger partial charge in [0, 0.05) is 12.2 Å². The highest BCUT2D eigenvalue weighted by atomic mass is 16.6. The summed E-state index contributed by atoms with van der Waals surface area (Å²) in [6.45, 7) is 10.0. The zero-order chi connectivity index (χ0) is 25.5. The number of nitrogens with one attached hydrogen (secondary N) is 2. The van der Waals surface area contributed by atoms with E-state index in [1.807, 2.05) is 50.2 Å². The molecule has 3 N–H and O–H groups in total. The number of ether oxygens (including phenoxy) is 1. The van der Waals surface area contributed by atoms with Crippen molar-refractivity contribution in [3.05, 3.63) is 65.2 Å². The number of rotatable bonds is 8. The molecule has 2 aromatic carbocycles. The molecule has 0 heterocycles. The van der Waals surface area contributed by atoms with Crippen LogP contribution in [0.15, 0.2) is 48.5 Å². The smallest absolute Gasteiger partial charge is 0.408 e. The molecule has 0 aliphatic carbocycles. The van der Waals surface area contributed by atoms with Crippen LogP contribution in [0.1, 0.15) is 50.4 Å². The number of nitrogens with zero attached hydrogens (tertiary/aromatic N) is 1. The van der Waals surface area contributed by atoms with Crippen molar-refractivity contribution in [1.82, 2.24) is 10.2 Å². The number of amides is 3. The molecule has 2 rings (SSSR count). The Morgan fingerprint density at radius 3 is 2.32 bits per heavy atom. The third-order valence-electron chi connectivity index (χ3n) is 5.05. The van der Waals surface area contributed by atoms with Gasteiger partial charge in [0.15, 0.2) is 0 Å². The standard InChI is InChI=1S/C26H35N3O5/c1-17-10-9-12-20(16-17)22(23(31)28-21-13-8-7-11-18(21)2)29(14-15-30)24(32)19(3)27-25(33)34-26(4,5)6/h7-13,16,19,22,30H,14-15H2,1-6H3,(H,27,33)(H,28,31). The van der Waals surface area contributed by atoms with Crippen LogP contribution in [0.25, 0.3) is 0 Å². The third kappa shape index (κ3) is 7.59. The molecule has 8 nitrogen and oxygen atoms in total. The predicted molar refractivity (Wildman–Crippen MR) is 131 cm³/mol. The number of alkyl carbamates (subject to hydrolysis) is 1. The van der Waals surface area contributed by atoms with E-state index in [4.69, 9.17) is 4.74 Å². The van der Waals surface area contributed by atoms with Gasteiger partial charge in [-0.25, -0.2) is 4.79 Å². The van der Waals surface area contributed by atoms with Crippen LogP contribution in [0.2, 0.25) is 0 Å². The van der Waals surface area contributed by atoms with Crippen molar-refractivity contribution in [2.45, 2.75) is 59.2 Å². The van der Waals surface area contributed by atoms with E-state index in [1.54, 1.807) is 32.9 Å². The van der Waals surface area contributed by atoms with Gasteiger partial charge < -0.3 is 25.4 Å². The van der Waals surface area contributed by atoms with E-state index < -0.39 is 35.6 Å². The van der Waals surface area contributed by atoms with E-state index in [0.29, 0.717) is 11.3 Å². The van der Waals surface area contributed by atoms with E-state index in [9.17, 15) is 19.5 Å². The third-order valence-corrected chi connectivity index (χ3v) is 5.05. The Kier molecular flexibility index (Phi) is 9.20. The lowest BCUT2D eigenvalue weighted by molar-refractivity contribution is -0.141. The topological polar surface area (TPSA) is 108 Å². The Morgan fingerprint density at radius 1 is 1.06 bits per heavy atom. The highest BCUT2D eigenvalue weighted by molar-refractivity contribution is 5.99. The van der Waals surface area contributed by atoms with Crippen LogP contribution >= 0.6 is 0 Å². The van der Waals surface area contributed by atoms with Crippen molar-refractivity contribution in [2.75, 3.05) is 18.5 Å². The molecule has 0 saturated heterocycles. The molecule has 2 aromatic rings. The number of aryl methyl sites for hydroxylation is 2. The van der Waals surface area contributed by atoms with Crippen LogP contribution in [-0.2, 0) is 14.3 Å². The number of anilines is 1. The summed E-state index contributed by atoms with van der Waals surface area (Å²) in [6, 6.07) is 12.6. The van der Waals surface area contributed by atoms with Crippen LogP contribution in [0.5, 0.6) is 0 Å². The fourth-order valence-corrected chi connectivity index (χ4v) is 3.50.